The monoisotopic (exact) mass is 281 g/mol. The first-order chi connectivity index (χ1) is 9.36. The van der Waals surface area contributed by atoms with E-state index in [1.165, 1.54) is 0 Å². The normalized spacial score (nSPS) is 11.7. The summed E-state index contributed by atoms with van der Waals surface area (Å²) < 4.78 is 37.7. The van der Waals surface area contributed by atoms with Gasteiger partial charge in [0.2, 0.25) is 5.95 Å². The number of nitrogens with zero attached hydrogens (tertiary/aromatic N) is 2. The van der Waals surface area contributed by atoms with E-state index in [1.54, 1.807) is 6.07 Å². The lowest BCUT2D eigenvalue weighted by Gasteiger charge is -2.10. The highest BCUT2D eigenvalue weighted by Gasteiger charge is 2.32. The van der Waals surface area contributed by atoms with Crippen LogP contribution in [0.15, 0.2) is 36.5 Å². The number of aromatic nitrogens is 2. The van der Waals surface area contributed by atoms with Gasteiger partial charge in [-0.25, -0.2) is 9.97 Å². The maximum atomic E-state index is 12.6. The van der Waals surface area contributed by atoms with E-state index in [1.807, 2.05) is 32.0 Å². The van der Waals surface area contributed by atoms with Crippen LogP contribution in [-0.2, 0) is 6.18 Å². The minimum absolute atomic E-state index is 0.0688. The first kappa shape index (κ1) is 14.3. The molecule has 0 aliphatic rings. The average molecular weight is 281 g/mol. The molecule has 0 spiro atoms. The topological polar surface area (TPSA) is 37.8 Å². The minimum atomic E-state index is -4.47. The Balaban J connectivity index is 2.24. The van der Waals surface area contributed by atoms with Crippen LogP contribution in [0.4, 0.5) is 24.8 Å². The van der Waals surface area contributed by atoms with E-state index in [-0.39, 0.29) is 5.95 Å². The van der Waals surface area contributed by atoms with Crippen molar-refractivity contribution in [2.45, 2.75) is 25.9 Å². The summed E-state index contributed by atoms with van der Waals surface area (Å²) in [6.07, 6.45) is -3.39. The van der Waals surface area contributed by atoms with Gasteiger partial charge in [-0.3, -0.25) is 0 Å². The van der Waals surface area contributed by atoms with Gasteiger partial charge in [0.1, 0.15) is 5.69 Å². The highest BCUT2D eigenvalue weighted by Crippen LogP contribution is 2.28. The molecule has 1 aromatic heterocycles. The van der Waals surface area contributed by atoms with Crippen LogP contribution >= 0.6 is 0 Å². The molecule has 0 atom stereocenters. The van der Waals surface area contributed by atoms with Crippen LogP contribution in [0.25, 0.3) is 0 Å². The fraction of sp³-hybridized carbons (Fsp3) is 0.286. The molecule has 0 aliphatic carbocycles. The summed E-state index contributed by atoms with van der Waals surface area (Å²) in [7, 11) is 0. The van der Waals surface area contributed by atoms with Gasteiger partial charge in [0.05, 0.1) is 0 Å². The van der Waals surface area contributed by atoms with Crippen LogP contribution in [0.2, 0.25) is 0 Å². The number of halogens is 3. The van der Waals surface area contributed by atoms with Crippen LogP contribution in [0.1, 0.15) is 31.0 Å². The van der Waals surface area contributed by atoms with Crippen molar-refractivity contribution in [3.8, 4) is 0 Å². The van der Waals surface area contributed by atoms with Gasteiger partial charge < -0.3 is 5.32 Å². The molecule has 3 nitrogen and oxygen atoms in total. The zero-order valence-electron chi connectivity index (χ0n) is 11.1. The highest BCUT2D eigenvalue weighted by molar-refractivity contribution is 5.54. The Kier molecular flexibility index (Phi) is 3.92. The number of benzene rings is 1. The zero-order chi connectivity index (χ0) is 14.8. The second-order valence-electron chi connectivity index (χ2n) is 4.67. The molecule has 0 unspecified atom stereocenters. The van der Waals surface area contributed by atoms with Gasteiger partial charge in [0.25, 0.3) is 0 Å². The SMILES string of the molecule is CC(C)c1cccc(Nc2nccc(C(F)(F)F)n2)c1. The smallest absolute Gasteiger partial charge is 0.324 e. The molecule has 0 saturated heterocycles. The van der Waals surface area contributed by atoms with Gasteiger partial charge in [-0.1, -0.05) is 26.0 Å². The summed E-state index contributed by atoms with van der Waals surface area (Å²) in [5.41, 5.74) is 0.785. The average Bonchev–Trinajstić information content (AvgIpc) is 2.38. The van der Waals surface area contributed by atoms with Crippen LogP contribution in [0.3, 0.4) is 0 Å². The van der Waals surface area contributed by atoms with E-state index >= 15 is 0 Å². The summed E-state index contributed by atoms with van der Waals surface area (Å²) in [6.45, 7) is 4.08. The van der Waals surface area contributed by atoms with E-state index in [4.69, 9.17) is 0 Å². The molecule has 1 heterocycles. The molecule has 1 aromatic carbocycles. The Morgan fingerprint density at radius 3 is 2.55 bits per heavy atom. The quantitative estimate of drug-likeness (QED) is 0.908. The summed E-state index contributed by atoms with van der Waals surface area (Å²) in [5, 5.41) is 2.79. The van der Waals surface area contributed by atoms with Crippen molar-refractivity contribution >= 4 is 11.6 Å². The van der Waals surface area contributed by atoms with Gasteiger partial charge in [-0.15, -0.1) is 0 Å². The van der Waals surface area contributed by atoms with E-state index in [0.29, 0.717) is 11.6 Å². The standard InChI is InChI=1S/C14H14F3N3/c1-9(2)10-4-3-5-11(8-10)19-13-18-7-6-12(20-13)14(15,16)17/h3-9H,1-2H3,(H,18,19,20). The fourth-order valence-corrected chi connectivity index (χ4v) is 1.68. The number of anilines is 2. The second kappa shape index (κ2) is 5.48. The molecule has 0 radical (unpaired) electrons. The van der Waals surface area contributed by atoms with Crippen molar-refractivity contribution < 1.29 is 13.2 Å². The van der Waals surface area contributed by atoms with Gasteiger partial charge in [0.15, 0.2) is 0 Å². The summed E-state index contributed by atoms with van der Waals surface area (Å²) in [6, 6.07) is 8.27. The van der Waals surface area contributed by atoms with Crippen LogP contribution < -0.4 is 5.32 Å². The van der Waals surface area contributed by atoms with Crippen molar-refractivity contribution in [3.63, 3.8) is 0 Å². The first-order valence-electron chi connectivity index (χ1n) is 6.13. The lowest BCUT2D eigenvalue weighted by Crippen LogP contribution is -2.10. The maximum Gasteiger partial charge on any atom is 0.433 e. The molecule has 0 bridgehead atoms. The van der Waals surface area contributed by atoms with Gasteiger partial charge in [0, 0.05) is 11.9 Å². The molecule has 20 heavy (non-hydrogen) atoms. The molecular weight excluding hydrogens is 267 g/mol. The van der Waals surface area contributed by atoms with E-state index in [2.05, 4.69) is 15.3 Å². The third-order valence-electron chi connectivity index (χ3n) is 2.76. The van der Waals surface area contributed by atoms with Gasteiger partial charge >= 0.3 is 6.18 Å². The first-order valence-corrected chi connectivity index (χ1v) is 6.13. The summed E-state index contributed by atoms with van der Waals surface area (Å²) in [5.74, 6) is 0.264. The Bertz CT molecular complexity index is 594. The maximum absolute atomic E-state index is 12.6. The molecule has 1 N–H and O–H groups in total. The largest absolute Gasteiger partial charge is 0.433 e. The fourth-order valence-electron chi connectivity index (χ4n) is 1.68. The van der Waals surface area contributed by atoms with Crippen molar-refractivity contribution in [1.29, 1.82) is 0 Å². The molecule has 2 rings (SSSR count). The predicted octanol–water partition coefficient (Wildman–Crippen LogP) is 4.36. The Labute approximate surface area is 114 Å². The molecule has 106 valence electrons. The zero-order valence-corrected chi connectivity index (χ0v) is 11.1. The number of nitrogens with one attached hydrogen (secondary N) is 1. The molecule has 6 heteroatoms. The molecule has 0 aliphatic heterocycles. The van der Waals surface area contributed by atoms with E-state index in [9.17, 15) is 13.2 Å². The van der Waals surface area contributed by atoms with Crippen LogP contribution in [0.5, 0.6) is 0 Å². The lowest BCUT2D eigenvalue weighted by atomic mass is 10.0. The summed E-state index contributed by atoms with van der Waals surface area (Å²) >= 11 is 0. The summed E-state index contributed by atoms with van der Waals surface area (Å²) in [4.78, 5) is 7.27. The molecule has 0 fully saturated rings. The predicted molar refractivity (Wildman–Crippen MR) is 70.8 cm³/mol. The second-order valence-corrected chi connectivity index (χ2v) is 4.67. The number of rotatable bonds is 3. The van der Waals surface area contributed by atoms with Gasteiger partial charge in [-0.05, 0) is 29.7 Å². The van der Waals surface area contributed by atoms with Gasteiger partial charge in [-0.2, -0.15) is 13.2 Å². The third-order valence-corrected chi connectivity index (χ3v) is 2.76. The molecule has 2 aromatic rings. The lowest BCUT2D eigenvalue weighted by molar-refractivity contribution is -0.141. The van der Waals surface area contributed by atoms with E-state index < -0.39 is 11.9 Å². The highest BCUT2D eigenvalue weighted by atomic mass is 19.4. The van der Waals surface area contributed by atoms with Crippen LogP contribution in [0, 0.1) is 0 Å². The number of alkyl halides is 3. The molecular formula is C14H14F3N3. The Morgan fingerprint density at radius 1 is 1.15 bits per heavy atom. The van der Waals surface area contributed by atoms with Crippen LogP contribution in [-0.4, -0.2) is 9.97 Å². The van der Waals surface area contributed by atoms with Crippen molar-refractivity contribution in [1.82, 2.24) is 9.97 Å². The molecule has 0 amide bonds. The Morgan fingerprint density at radius 2 is 1.90 bits per heavy atom. The van der Waals surface area contributed by atoms with Crippen molar-refractivity contribution in [3.05, 3.63) is 47.8 Å². The van der Waals surface area contributed by atoms with Crippen molar-refractivity contribution in [2.24, 2.45) is 0 Å². The number of hydrogen-bond acceptors (Lipinski definition) is 3. The van der Waals surface area contributed by atoms with E-state index in [0.717, 1.165) is 17.8 Å². The Hall–Kier alpha value is -2.11. The third kappa shape index (κ3) is 3.46. The number of hydrogen-bond donors (Lipinski definition) is 1. The minimum Gasteiger partial charge on any atom is -0.324 e. The molecule has 0 saturated carbocycles. The van der Waals surface area contributed by atoms with Crippen molar-refractivity contribution in [2.75, 3.05) is 5.32 Å².